The van der Waals surface area contributed by atoms with Gasteiger partial charge in [-0.2, -0.15) is 5.10 Å². The second-order valence-corrected chi connectivity index (χ2v) is 4.45. The van der Waals surface area contributed by atoms with Gasteiger partial charge in [0.2, 0.25) is 0 Å². The first-order valence-electron chi connectivity index (χ1n) is 4.80. The summed E-state index contributed by atoms with van der Waals surface area (Å²) in [7, 11) is 1.81. The Balaban J connectivity index is 2.41. The van der Waals surface area contributed by atoms with E-state index in [9.17, 15) is 5.11 Å². The molecule has 16 heavy (non-hydrogen) atoms. The van der Waals surface area contributed by atoms with Crippen molar-refractivity contribution >= 4 is 21.6 Å². The van der Waals surface area contributed by atoms with Crippen molar-refractivity contribution in [1.29, 1.82) is 0 Å². The van der Waals surface area contributed by atoms with Crippen LogP contribution in [0.3, 0.4) is 0 Å². The van der Waals surface area contributed by atoms with Crippen molar-refractivity contribution in [2.45, 2.75) is 6.10 Å². The van der Waals surface area contributed by atoms with Gasteiger partial charge in [-0.1, -0.05) is 12.1 Å². The Kier molecular flexibility index (Phi) is 2.98. The first-order valence-corrected chi connectivity index (χ1v) is 5.59. The van der Waals surface area contributed by atoms with E-state index in [1.54, 1.807) is 30.2 Å². The number of hydrogen-bond donors (Lipinski definition) is 2. The summed E-state index contributed by atoms with van der Waals surface area (Å²) in [5, 5.41) is 14.2. The number of aliphatic hydroxyl groups excluding tert-OH is 1. The fraction of sp³-hybridized carbons (Fsp3) is 0.182. The maximum atomic E-state index is 10.2. The van der Waals surface area contributed by atoms with Crippen molar-refractivity contribution < 1.29 is 5.11 Å². The Morgan fingerprint density at radius 2 is 2.25 bits per heavy atom. The number of aliphatic hydroxyl groups is 1. The number of halogens is 1. The summed E-state index contributed by atoms with van der Waals surface area (Å²) >= 11 is 3.34. The van der Waals surface area contributed by atoms with Crippen LogP contribution in [0.2, 0.25) is 0 Å². The van der Waals surface area contributed by atoms with E-state index < -0.39 is 6.10 Å². The van der Waals surface area contributed by atoms with Crippen LogP contribution in [-0.2, 0) is 7.05 Å². The normalized spacial score (nSPS) is 12.7. The summed E-state index contributed by atoms with van der Waals surface area (Å²) in [4.78, 5) is 0. The molecule has 0 spiro atoms. The molecule has 1 aromatic carbocycles. The molecular formula is C11H12BrN3O. The number of anilines is 1. The van der Waals surface area contributed by atoms with Gasteiger partial charge in [0.05, 0.1) is 11.9 Å². The van der Waals surface area contributed by atoms with Crippen LogP contribution >= 0.6 is 15.9 Å². The van der Waals surface area contributed by atoms with Crippen LogP contribution in [0.1, 0.15) is 17.2 Å². The number of nitrogen functional groups attached to an aromatic ring is 1. The van der Waals surface area contributed by atoms with Crippen molar-refractivity contribution in [3.05, 3.63) is 46.2 Å². The maximum Gasteiger partial charge on any atom is 0.109 e. The summed E-state index contributed by atoms with van der Waals surface area (Å²) in [5.41, 5.74) is 7.86. The molecule has 0 aliphatic carbocycles. The van der Waals surface area contributed by atoms with E-state index >= 15 is 0 Å². The number of nitrogens with two attached hydrogens (primary N) is 1. The first kappa shape index (κ1) is 11.2. The van der Waals surface area contributed by atoms with Crippen LogP contribution in [0.15, 0.2) is 35.1 Å². The monoisotopic (exact) mass is 281 g/mol. The van der Waals surface area contributed by atoms with Crippen LogP contribution in [0.4, 0.5) is 5.69 Å². The van der Waals surface area contributed by atoms with E-state index in [0.29, 0.717) is 11.3 Å². The topological polar surface area (TPSA) is 64.1 Å². The molecule has 0 saturated heterocycles. The predicted molar refractivity (Wildman–Crippen MR) is 65.8 cm³/mol. The molecule has 2 rings (SSSR count). The SMILES string of the molecule is Cn1cc(C(O)c2cccc(Br)c2N)cn1. The quantitative estimate of drug-likeness (QED) is 0.826. The Hall–Kier alpha value is -1.33. The van der Waals surface area contributed by atoms with Crippen LogP contribution < -0.4 is 5.73 Å². The average Bonchev–Trinajstić information content (AvgIpc) is 2.68. The molecular weight excluding hydrogens is 270 g/mol. The number of nitrogens with zero attached hydrogens (tertiary/aromatic N) is 2. The van der Waals surface area contributed by atoms with Gasteiger partial charge in [-0.3, -0.25) is 4.68 Å². The van der Waals surface area contributed by atoms with Crippen molar-refractivity contribution in [3.63, 3.8) is 0 Å². The molecule has 1 heterocycles. The number of benzene rings is 1. The fourth-order valence-corrected chi connectivity index (χ4v) is 1.93. The molecule has 0 saturated carbocycles. The molecule has 0 aliphatic rings. The summed E-state index contributed by atoms with van der Waals surface area (Å²) in [6.07, 6.45) is 2.65. The number of aryl methyl sites for hydroxylation is 1. The lowest BCUT2D eigenvalue weighted by molar-refractivity contribution is 0.221. The van der Waals surface area contributed by atoms with Gasteiger partial charge in [0, 0.05) is 28.8 Å². The van der Waals surface area contributed by atoms with E-state index in [0.717, 1.165) is 10.0 Å². The van der Waals surface area contributed by atoms with Crippen molar-refractivity contribution in [2.24, 2.45) is 7.05 Å². The van der Waals surface area contributed by atoms with Gasteiger partial charge in [0.25, 0.3) is 0 Å². The second-order valence-electron chi connectivity index (χ2n) is 3.59. The zero-order chi connectivity index (χ0) is 11.7. The highest BCUT2D eigenvalue weighted by atomic mass is 79.9. The molecule has 5 heteroatoms. The van der Waals surface area contributed by atoms with Gasteiger partial charge < -0.3 is 10.8 Å². The Bertz CT molecular complexity index is 510. The van der Waals surface area contributed by atoms with E-state index in [1.807, 2.05) is 12.1 Å². The van der Waals surface area contributed by atoms with Crippen molar-refractivity contribution in [1.82, 2.24) is 9.78 Å². The van der Waals surface area contributed by atoms with E-state index in [2.05, 4.69) is 21.0 Å². The number of hydrogen-bond acceptors (Lipinski definition) is 3. The molecule has 0 bridgehead atoms. The van der Waals surface area contributed by atoms with Crippen molar-refractivity contribution in [3.8, 4) is 0 Å². The van der Waals surface area contributed by atoms with E-state index in [-0.39, 0.29) is 0 Å². The molecule has 0 aliphatic heterocycles. The van der Waals surface area contributed by atoms with Crippen LogP contribution in [-0.4, -0.2) is 14.9 Å². The molecule has 2 aromatic rings. The Morgan fingerprint density at radius 1 is 1.50 bits per heavy atom. The minimum Gasteiger partial charge on any atom is -0.398 e. The summed E-state index contributed by atoms with van der Waals surface area (Å²) in [5.74, 6) is 0. The highest BCUT2D eigenvalue weighted by molar-refractivity contribution is 9.10. The van der Waals surface area contributed by atoms with Gasteiger partial charge >= 0.3 is 0 Å². The Labute approximate surface area is 102 Å². The Morgan fingerprint density at radius 3 is 2.88 bits per heavy atom. The molecule has 1 aromatic heterocycles. The molecule has 1 unspecified atom stereocenters. The van der Waals surface area contributed by atoms with Gasteiger partial charge in [-0.25, -0.2) is 0 Å². The molecule has 1 atom stereocenters. The number of para-hydroxylation sites is 1. The number of rotatable bonds is 2. The standard InChI is InChI=1S/C11H12BrN3O/c1-15-6-7(5-14-15)11(16)8-3-2-4-9(12)10(8)13/h2-6,11,16H,13H2,1H3. The third-order valence-corrected chi connectivity index (χ3v) is 3.11. The molecule has 0 radical (unpaired) electrons. The molecule has 0 fully saturated rings. The third-order valence-electron chi connectivity index (χ3n) is 2.42. The molecule has 0 amide bonds. The van der Waals surface area contributed by atoms with Gasteiger partial charge in [-0.05, 0) is 22.0 Å². The molecule has 3 N–H and O–H groups in total. The zero-order valence-corrected chi connectivity index (χ0v) is 10.3. The molecule has 4 nitrogen and oxygen atoms in total. The highest BCUT2D eigenvalue weighted by Gasteiger charge is 2.15. The number of aromatic nitrogens is 2. The first-order chi connectivity index (χ1) is 7.59. The smallest absolute Gasteiger partial charge is 0.109 e. The van der Waals surface area contributed by atoms with E-state index in [4.69, 9.17) is 5.73 Å². The van der Waals surface area contributed by atoms with Gasteiger partial charge in [0.15, 0.2) is 0 Å². The van der Waals surface area contributed by atoms with Gasteiger partial charge in [-0.15, -0.1) is 0 Å². The highest BCUT2D eigenvalue weighted by Crippen LogP contribution is 2.31. The third kappa shape index (κ3) is 1.96. The average molecular weight is 282 g/mol. The fourth-order valence-electron chi connectivity index (χ4n) is 1.55. The summed E-state index contributed by atoms with van der Waals surface area (Å²) in [6, 6.07) is 5.49. The maximum absolute atomic E-state index is 10.2. The zero-order valence-electron chi connectivity index (χ0n) is 8.76. The van der Waals surface area contributed by atoms with Gasteiger partial charge in [0.1, 0.15) is 6.10 Å². The summed E-state index contributed by atoms with van der Waals surface area (Å²) in [6.45, 7) is 0. The predicted octanol–water partition coefficient (Wildman–Crippen LogP) is 1.85. The minimum absolute atomic E-state index is 0.554. The lowest BCUT2D eigenvalue weighted by Crippen LogP contribution is -2.03. The van der Waals surface area contributed by atoms with Crippen LogP contribution in [0, 0.1) is 0 Å². The van der Waals surface area contributed by atoms with Crippen LogP contribution in [0.25, 0.3) is 0 Å². The second kappa shape index (κ2) is 4.27. The molecule has 84 valence electrons. The summed E-state index contributed by atoms with van der Waals surface area (Å²) < 4.78 is 2.43. The van der Waals surface area contributed by atoms with Crippen LogP contribution in [0.5, 0.6) is 0 Å². The lowest BCUT2D eigenvalue weighted by atomic mass is 10.0. The largest absolute Gasteiger partial charge is 0.398 e. The van der Waals surface area contributed by atoms with E-state index in [1.165, 1.54) is 0 Å². The van der Waals surface area contributed by atoms with Crippen molar-refractivity contribution in [2.75, 3.05) is 5.73 Å². The lowest BCUT2D eigenvalue weighted by Gasteiger charge is -2.12. The minimum atomic E-state index is -0.744.